The molecular weight excluding hydrogens is 282 g/mol. The van der Waals surface area contributed by atoms with Crippen LogP contribution in [0.15, 0.2) is 24.3 Å². The van der Waals surface area contributed by atoms with Gasteiger partial charge in [0.2, 0.25) is 5.91 Å². The Labute approximate surface area is 131 Å². The van der Waals surface area contributed by atoms with Crippen molar-refractivity contribution in [3.63, 3.8) is 0 Å². The summed E-state index contributed by atoms with van der Waals surface area (Å²) in [7, 11) is 3.82. The highest BCUT2D eigenvalue weighted by molar-refractivity contribution is 5.96. The van der Waals surface area contributed by atoms with Crippen molar-refractivity contribution >= 4 is 17.5 Å². The summed E-state index contributed by atoms with van der Waals surface area (Å²) in [5.41, 5.74) is 1.18. The van der Waals surface area contributed by atoms with Gasteiger partial charge in [0.25, 0.3) is 5.91 Å². The topological polar surface area (TPSA) is 61.9 Å². The molecule has 1 heterocycles. The maximum atomic E-state index is 12.5. The highest BCUT2D eigenvalue weighted by Crippen LogP contribution is 2.13. The van der Waals surface area contributed by atoms with Gasteiger partial charge < -0.3 is 19.9 Å². The number of hydrogen-bond acceptors (Lipinski definition) is 4. The molecular formula is C16H23N3O3. The Bertz CT molecular complexity index is 547. The number of anilines is 1. The van der Waals surface area contributed by atoms with Crippen LogP contribution in [0.4, 0.5) is 5.69 Å². The minimum atomic E-state index is -0.156. The van der Waals surface area contributed by atoms with Crippen LogP contribution >= 0.6 is 0 Å². The molecule has 0 radical (unpaired) electrons. The summed E-state index contributed by atoms with van der Waals surface area (Å²) < 4.78 is 5.69. The maximum Gasteiger partial charge on any atom is 0.253 e. The van der Waals surface area contributed by atoms with Crippen LogP contribution < -0.4 is 5.32 Å². The summed E-state index contributed by atoms with van der Waals surface area (Å²) >= 11 is 0. The molecule has 2 rings (SSSR count). The van der Waals surface area contributed by atoms with Crippen molar-refractivity contribution in [1.82, 2.24) is 9.80 Å². The van der Waals surface area contributed by atoms with Crippen molar-refractivity contribution in [3.8, 4) is 0 Å². The fourth-order valence-electron chi connectivity index (χ4n) is 2.52. The smallest absolute Gasteiger partial charge is 0.253 e. The number of benzene rings is 1. The Morgan fingerprint density at radius 3 is 2.91 bits per heavy atom. The van der Waals surface area contributed by atoms with Crippen LogP contribution in [0, 0.1) is 0 Å². The highest BCUT2D eigenvalue weighted by atomic mass is 16.5. The van der Waals surface area contributed by atoms with Crippen molar-refractivity contribution in [2.24, 2.45) is 0 Å². The third-order valence-electron chi connectivity index (χ3n) is 3.60. The van der Waals surface area contributed by atoms with Crippen molar-refractivity contribution in [2.75, 3.05) is 45.7 Å². The molecule has 1 aliphatic rings. The van der Waals surface area contributed by atoms with E-state index in [-0.39, 0.29) is 17.9 Å². The molecule has 120 valence electrons. The molecule has 1 saturated heterocycles. The maximum absolute atomic E-state index is 12.5. The van der Waals surface area contributed by atoms with Crippen LogP contribution in [0.25, 0.3) is 0 Å². The molecule has 1 fully saturated rings. The molecule has 0 bridgehead atoms. The summed E-state index contributed by atoms with van der Waals surface area (Å²) in [6.07, 6.45) is 0.0335. The molecule has 1 N–H and O–H groups in total. The first-order valence-corrected chi connectivity index (χ1v) is 7.39. The Kier molecular flexibility index (Phi) is 5.51. The number of carbonyl (C=O) groups is 2. The van der Waals surface area contributed by atoms with E-state index in [0.717, 1.165) is 13.1 Å². The fraction of sp³-hybridized carbons (Fsp3) is 0.500. The summed E-state index contributed by atoms with van der Waals surface area (Å²) in [6, 6.07) is 6.96. The van der Waals surface area contributed by atoms with Gasteiger partial charge in [-0.15, -0.1) is 0 Å². The number of carbonyl (C=O) groups excluding carboxylic acids is 2. The Balaban J connectivity index is 1.99. The number of hydrogen-bond donors (Lipinski definition) is 1. The molecule has 2 amide bonds. The van der Waals surface area contributed by atoms with Gasteiger partial charge in [0.15, 0.2) is 0 Å². The van der Waals surface area contributed by atoms with Gasteiger partial charge in [0, 0.05) is 44.9 Å². The number of nitrogens with one attached hydrogen (secondary N) is 1. The van der Waals surface area contributed by atoms with E-state index in [4.69, 9.17) is 4.74 Å². The van der Waals surface area contributed by atoms with E-state index in [0.29, 0.717) is 24.4 Å². The summed E-state index contributed by atoms with van der Waals surface area (Å²) in [4.78, 5) is 27.4. The van der Waals surface area contributed by atoms with Gasteiger partial charge in [-0.3, -0.25) is 9.59 Å². The van der Waals surface area contributed by atoms with Gasteiger partial charge in [-0.1, -0.05) is 6.07 Å². The number of likely N-dealkylation sites (N-methyl/N-ethyl adjacent to an activating group) is 2. The van der Waals surface area contributed by atoms with Gasteiger partial charge in [-0.05, 0) is 25.2 Å². The minimum Gasteiger partial charge on any atom is -0.374 e. The number of nitrogens with zero attached hydrogens (tertiary/aromatic N) is 2. The number of ether oxygens (including phenoxy) is 1. The molecule has 1 unspecified atom stereocenters. The molecule has 0 saturated carbocycles. The highest BCUT2D eigenvalue weighted by Gasteiger charge is 2.22. The largest absolute Gasteiger partial charge is 0.374 e. The van der Waals surface area contributed by atoms with Crippen molar-refractivity contribution in [1.29, 1.82) is 0 Å². The van der Waals surface area contributed by atoms with Crippen LogP contribution in [-0.2, 0) is 9.53 Å². The lowest BCUT2D eigenvalue weighted by molar-refractivity contribution is -0.114. The summed E-state index contributed by atoms with van der Waals surface area (Å²) in [5, 5.41) is 2.69. The zero-order valence-corrected chi connectivity index (χ0v) is 13.3. The second-order valence-corrected chi connectivity index (χ2v) is 5.70. The molecule has 0 spiro atoms. The molecule has 1 aliphatic heterocycles. The average Bonchev–Trinajstić information content (AvgIpc) is 2.46. The molecule has 6 nitrogen and oxygen atoms in total. The van der Waals surface area contributed by atoms with Gasteiger partial charge in [0.1, 0.15) is 0 Å². The first kappa shape index (κ1) is 16.5. The Hall–Kier alpha value is -1.92. The predicted octanol–water partition coefficient (Wildman–Crippen LogP) is 1.05. The first-order chi connectivity index (χ1) is 10.5. The second-order valence-electron chi connectivity index (χ2n) is 5.70. The lowest BCUT2D eigenvalue weighted by Gasteiger charge is -2.32. The van der Waals surface area contributed by atoms with Gasteiger partial charge in [-0.2, -0.15) is 0 Å². The fourth-order valence-corrected chi connectivity index (χ4v) is 2.52. The van der Waals surface area contributed by atoms with Crippen LogP contribution in [-0.4, -0.2) is 68.1 Å². The second kappa shape index (κ2) is 7.38. The molecule has 22 heavy (non-hydrogen) atoms. The zero-order chi connectivity index (χ0) is 16.1. The van der Waals surface area contributed by atoms with Gasteiger partial charge >= 0.3 is 0 Å². The molecule has 0 aromatic heterocycles. The lowest BCUT2D eigenvalue weighted by atomic mass is 10.1. The van der Waals surface area contributed by atoms with Crippen LogP contribution in [0.1, 0.15) is 17.3 Å². The number of rotatable bonds is 4. The minimum absolute atomic E-state index is 0.0335. The third kappa shape index (κ3) is 4.54. The van der Waals surface area contributed by atoms with Crippen molar-refractivity contribution in [2.45, 2.75) is 13.0 Å². The molecule has 6 heteroatoms. The zero-order valence-electron chi connectivity index (χ0n) is 13.3. The first-order valence-electron chi connectivity index (χ1n) is 7.39. The normalized spacial score (nSPS) is 18.8. The summed E-state index contributed by atoms with van der Waals surface area (Å²) in [6.45, 7) is 4.43. The lowest BCUT2D eigenvalue weighted by Crippen LogP contribution is -2.46. The van der Waals surface area contributed by atoms with E-state index in [1.165, 1.54) is 6.92 Å². The number of morpholine rings is 1. The average molecular weight is 305 g/mol. The van der Waals surface area contributed by atoms with Gasteiger partial charge in [0.05, 0.1) is 12.7 Å². The van der Waals surface area contributed by atoms with Crippen molar-refractivity contribution < 1.29 is 14.3 Å². The number of amides is 2. The van der Waals surface area contributed by atoms with E-state index >= 15 is 0 Å². The van der Waals surface area contributed by atoms with E-state index < -0.39 is 0 Å². The van der Waals surface area contributed by atoms with Crippen molar-refractivity contribution in [3.05, 3.63) is 29.8 Å². The van der Waals surface area contributed by atoms with E-state index in [1.807, 2.05) is 7.05 Å². The molecule has 1 aromatic carbocycles. The van der Waals surface area contributed by atoms with Gasteiger partial charge in [-0.25, -0.2) is 0 Å². The molecule has 0 aliphatic carbocycles. The molecule has 1 atom stereocenters. The van der Waals surface area contributed by atoms with Crippen LogP contribution in [0.2, 0.25) is 0 Å². The van der Waals surface area contributed by atoms with Crippen LogP contribution in [0.3, 0.4) is 0 Å². The summed E-state index contributed by atoms with van der Waals surface area (Å²) in [5.74, 6) is -0.236. The predicted molar refractivity (Wildman–Crippen MR) is 84.9 cm³/mol. The van der Waals surface area contributed by atoms with E-state index in [9.17, 15) is 9.59 Å². The van der Waals surface area contributed by atoms with E-state index in [1.54, 1.807) is 36.2 Å². The Morgan fingerprint density at radius 2 is 2.23 bits per heavy atom. The van der Waals surface area contributed by atoms with E-state index in [2.05, 4.69) is 10.2 Å². The quantitative estimate of drug-likeness (QED) is 0.903. The SMILES string of the molecule is CC(=O)Nc1cccc(C(=O)N(C)CC2CN(C)CCO2)c1. The molecule has 1 aromatic rings. The Morgan fingerprint density at radius 1 is 1.45 bits per heavy atom. The standard InChI is InChI=1S/C16H23N3O3/c1-12(20)17-14-6-4-5-13(9-14)16(21)19(3)11-15-10-18(2)7-8-22-15/h4-6,9,15H,7-8,10-11H2,1-3H3,(H,17,20). The van der Waals surface area contributed by atoms with Crippen LogP contribution in [0.5, 0.6) is 0 Å². The monoisotopic (exact) mass is 305 g/mol. The third-order valence-corrected chi connectivity index (χ3v) is 3.60.